The number of hydrogen-bond donors (Lipinski definition) is 2. The molecule has 9 nitrogen and oxygen atoms in total. The molecule has 0 bridgehead atoms. The summed E-state index contributed by atoms with van der Waals surface area (Å²) in [4.78, 5) is 29.1. The summed E-state index contributed by atoms with van der Waals surface area (Å²) in [5.41, 5.74) is 1.46. The number of likely N-dealkylation sites (tertiary alicyclic amines) is 1. The maximum absolute atomic E-state index is 13.9. The minimum Gasteiger partial charge on any atom is -0.493 e. The fraction of sp³-hybridized carbons (Fsp3) is 0.514. The first-order valence-electron chi connectivity index (χ1n) is 16.8. The molecule has 0 atom stereocenters. The van der Waals surface area contributed by atoms with Crippen molar-refractivity contribution in [3.05, 3.63) is 59.6 Å². The number of nitrogens with zero attached hydrogens (tertiary/aromatic N) is 4. The van der Waals surface area contributed by atoms with E-state index in [2.05, 4.69) is 72.0 Å². The van der Waals surface area contributed by atoms with Crippen LogP contribution in [0.5, 0.6) is 11.5 Å². The van der Waals surface area contributed by atoms with E-state index in [-0.39, 0.29) is 18.0 Å². The number of carbonyl (C=O) groups is 1. The molecule has 0 unspecified atom stereocenters. The molecule has 5 rings (SSSR count). The van der Waals surface area contributed by atoms with E-state index in [0.717, 1.165) is 42.2 Å². The summed E-state index contributed by atoms with van der Waals surface area (Å²) >= 11 is 1.32. The number of halogens is 1. The molecule has 0 spiro atoms. The maximum Gasteiger partial charge on any atom is 0.229 e. The molecule has 0 radical (unpaired) electrons. The smallest absolute Gasteiger partial charge is 0.229 e. The Morgan fingerprint density at radius 3 is 2.46 bits per heavy atom. The van der Waals surface area contributed by atoms with Crippen molar-refractivity contribution in [2.24, 2.45) is 22.7 Å². The van der Waals surface area contributed by atoms with Gasteiger partial charge in [-0.15, -0.1) is 11.3 Å². The van der Waals surface area contributed by atoms with Crippen LogP contribution in [0.25, 0.3) is 10.9 Å². The Bertz CT molecular complexity index is 1680. The van der Waals surface area contributed by atoms with E-state index in [1.165, 1.54) is 42.6 Å². The monoisotopic (exact) mass is 676 g/mol. The number of benzene rings is 2. The van der Waals surface area contributed by atoms with Gasteiger partial charge in [0.05, 0.1) is 31.3 Å². The molecule has 2 aromatic carbocycles. The Morgan fingerprint density at radius 2 is 1.77 bits per heavy atom. The molecule has 4 aromatic rings. The summed E-state index contributed by atoms with van der Waals surface area (Å²) in [6.07, 6.45) is 6.61. The van der Waals surface area contributed by atoms with Gasteiger partial charge in [-0.1, -0.05) is 53.7 Å². The van der Waals surface area contributed by atoms with E-state index in [1.54, 1.807) is 25.4 Å². The first-order chi connectivity index (χ1) is 22.8. The van der Waals surface area contributed by atoms with Crippen molar-refractivity contribution in [2.75, 3.05) is 44.0 Å². The third kappa shape index (κ3) is 8.99. The average Bonchev–Trinajstić information content (AvgIpc) is 3.45. The van der Waals surface area contributed by atoms with E-state index in [4.69, 9.17) is 9.47 Å². The van der Waals surface area contributed by atoms with Crippen LogP contribution in [0.2, 0.25) is 0 Å². The molecule has 48 heavy (non-hydrogen) atoms. The van der Waals surface area contributed by atoms with Crippen LogP contribution in [0.3, 0.4) is 0 Å². The highest BCUT2D eigenvalue weighted by Gasteiger charge is 2.41. The van der Waals surface area contributed by atoms with Crippen molar-refractivity contribution in [1.82, 2.24) is 19.9 Å². The second-order valence-corrected chi connectivity index (χ2v) is 15.9. The third-order valence-corrected chi connectivity index (χ3v) is 9.94. The Labute approximate surface area is 287 Å². The number of amides is 1. The van der Waals surface area contributed by atoms with Gasteiger partial charge in [-0.05, 0) is 73.2 Å². The number of fused-ring (bicyclic) bond motifs is 1. The number of methoxy groups -OCH3 is 1. The second kappa shape index (κ2) is 15.2. The molecule has 258 valence electrons. The zero-order chi connectivity index (χ0) is 34.5. The summed E-state index contributed by atoms with van der Waals surface area (Å²) in [5, 5.41) is 7.17. The highest BCUT2D eigenvalue weighted by Crippen LogP contribution is 2.47. The Kier molecular flexibility index (Phi) is 11.2. The quantitative estimate of drug-likeness (QED) is 0.145. The van der Waals surface area contributed by atoms with Crippen LogP contribution >= 0.6 is 11.3 Å². The molecule has 3 heterocycles. The fourth-order valence-corrected chi connectivity index (χ4v) is 8.40. The van der Waals surface area contributed by atoms with Gasteiger partial charge in [0.2, 0.25) is 5.91 Å². The van der Waals surface area contributed by atoms with Gasteiger partial charge in [0, 0.05) is 29.1 Å². The van der Waals surface area contributed by atoms with E-state index in [0.29, 0.717) is 51.3 Å². The molecule has 1 aliphatic heterocycles. The third-order valence-electron chi connectivity index (χ3n) is 9.03. The van der Waals surface area contributed by atoms with Crippen molar-refractivity contribution >= 4 is 44.8 Å². The average molecular weight is 677 g/mol. The van der Waals surface area contributed by atoms with Crippen molar-refractivity contribution in [3.8, 4) is 11.5 Å². The van der Waals surface area contributed by atoms with Crippen LogP contribution in [-0.4, -0.2) is 59.1 Å². The normalized spacial score (nSPS) is 14.8. The van der Waals surface area contributed by atoms with Gasteiger partial charge >= 0.3 is 0 Å². The van der Waals surface area contributed by atoms with Gasteiger partial charge in [0.1, 0.15) is 18.0 Å². The predicted octanol–water partition coefficient (Wildman–Crippen LogP) is 8.35. The fourth-order valence-electron chi connectivity index (χ4n) is 7.59. The van der Waals surface area contributed by atoms with Gasteiger partial charge in [0.25, 0.3) is 0 Å². The SMILES string of the molecule is COc1cc2c(Nc3ncc(CC(=O)Nc4ccccc4F)s3)ncnc2cc1OCCCN1CCC(C(C(C)(C)C)C(C)(C)C)CC1. The highest BCUT2D eigenvalue weighted by atomic mass is 32.1. The lowest BCUT2D eigenvalue weighted by Gasteiger charge is -2.48. The van der Waals surface area contributed by atoms with Crippen molar-refractivity contribution in [1.29, 1.82) is 0 Å². The van der Waals surface area contributed by atoms with E-state index in [1.807, 2.05) is 12.1 Å². The van der Waals surface area contributed by atoms with Crippen LogP contribution < -0.4 is 20.1 Å². The van der Waals surface area contributed by atoms with E-state index < -0.39 is 5.82 Å². The highest BCUT2D eigenvalue weighted by molar-refractivity contribution is 7.15. The summed E-state index contributed by atoms with van der Waals surface area (Å²) in [7, 11) is 1.62. The Balaban J connectivity index is 1.15. The van der Waals surface area contributed by atoms with Gasteiger partial charge in [-0.2, -0.15) is 0 Å². The Hall–Kier alpha value is -3.83. The molecule has 11 heteroatoms. The molecule has 2 N–H and O–H groups in total. The molecule has 1 amide bonds. The largest absolute Gasteiger partial charge is 0.493 e. The van der Waals surface area contributed by atoms with Gasteiger partial charge in [-0.25, -0.2) is 19.3 Å². The number of hydrogen-bond acceptors (Lipinski definition) is 9. The topological polar surface area (TPSA) is 102 Å². The number of aromatic nitrogens is 3. The van der Waals surface area contributed by atoms with Crippen molar-refractivity contribution in [3.63, 3.8) is 0 Å². The minimum atomic E-state index is -0.478. The van der Waals surface area contributed by atoms with Crippen molar-refractivity contribution < 1.29 is 18.7 Å². The van der Waals surface area contributed by atoms with Crippen LogP contribution in [0, 0.1) is 28.5 Å². The minimum absolute atomic E-state index is 0.0693. The molecule has 2 aromatic heterocycles. The van der Waals surface area contributed by atoms with E-state index >= 15 is 0 Å². The van der Waals surface area contributed by atoms with E-state index in [9.17, 15) is 9.18 Å². The summed E-state index contributed by atoms with van der Waals surface area (Å²) in [6, 6.07) is 9.83. The molecular weight excluding hydrogens is 628 g/mol. The second-order valence-electron chi connectivity index (χ2n) is 14.8. The molecule has 1 saturated heterocycles. The predicted molar refractivity (Wildman–Crippen MR) is 192 cm³/mol. The van der Waals surface area contributed by atoms with Crippen LogP contribution in [0.15, 0.2) is 48.9 Å². The molecule has 0 saturated carbocycles. The molecule has 1 fully saturated rings. The number of para-hydroxylation sites is 1. The number of ether oxygens (including phenoxy) is 2. The van der Waals surface area contributed by atoms with Crippen LogP contribution in [0.4, 0.5) is 21.0 Å². The molecular formula is C37H49FN6O3S. The number of anilines is 3. The lowest BCUT2D eigenvalue weighted by molar-refractivity contribution is -0.115. The maximum atomic E-state index is 13.9. The lowest BCUT2D eigenvalue weighted by atomic mass is 9.59. The zero-order valence-corrected chi connectivity index (χ0v) is 30.0. The first kappa shape index (κ1) is 35.5. The van der Waals surface area contributed by atoms with Crippen LogP contribution in [0.1, 0.15) is 65.7 Å². The number of carbonyl (C=O) groups excluding carboxylic acids is 1. The van der Waals surface area contributed by atoms with Crippen molar-refractivity contribution in [2.45, 2.75) is 67.2 Å². The Morgan fingerprint density at radius 1 is 1.04 bits per heavy atom. The first-order valence-corrected chi connectivity index (χ1v) is 17.6. The number of rotatable bonds is 12. The molecule has 0 aliphatic carbocycles. The van der Waals surface area contributed by atoms with Gasteiger partial charge < -0.3 is 25.0 Å². The van der Waals surface area contributed by atoms with Gasteiger partial charge in [-0.3, -0.25) is 4.79 Å². The summed E-state index contributed by atoms with van der Waals surface area (Å²) in [6.45, 7) is 18.3. The number of nitrogens with one attached hydrogen (secondary N) is 2. The number of thiazole rings is 1. The van der Waals surface area contributed by atoms with Gasteiger partial charge in [0.15, 0.2) is 16.6 Å². The lowest BCUT2D eigenvalue weighted by Crippen LogP contribution is -2.44. The summed E-state index contributed by atoms with van der Waals surface area (Å²) < 4.78 is 25.8. The number of piperidine rings is 1. The standard InChI is InChI=1S/C37H49FN6O3S/c1-36(2,3)33(37(4,5)6)24-13-16-44(17-14-24)15-10-18-47-31-21-29-26(20-30(31)46-7)34(41-23-40-29)43-35-39-22-25(48-35)19-32(45)42-28-12-9-8-11-27(28)38/h8-9,11-12,20-24,33H,10,13-19H2,1-7H3,(H,42,45)(H,39,40,41,43). The molecule has 1 aliphatic rings. The summed E-state index contributed by atoms with van der Waals surface area (Å²) in [5.74, 6) is 2.46. The van der Waals surface area contributed by atoms with Crippen LogP contribution in [-0.2, 0) is 11.2 Å². The zero-order valence-electron chi connectivity index (χ0n) is 29.2.